The zero-order valence-corrected chi connectivity index (χ0v) is 20.8. The zero-order valence-electron chi connectivity index (χ0n) is 20.8. The number of carbonyl (C=O) groups is 1. The molecule has 0 aliphatic heterocycles. The minimum absolute atomic E-state index is 0.00453. The first-order chi connectivity index (χ1) is 16.7. The molecule has 1 aromatic heterocycles. The highest BCUT2D eigenvalue weighted by atomic mass is 16.4. The topological polar surface area (TPSA) is 99.8 Å². The Hall–Kier alpha value is -3.12. The Labute approximate surface area is 206 Å². The molecule has 3 N–H and O–H groups in total. The van der Waals surface area contributed by atoms with Crippen molar-refractivity contribution in [2.75, 3.05) is 7.05 Å². The van der Waals surface area contributed by atoms with Crippen molar-refractivity contribution in [1.82, 2.24) is 5.32 Å². The maximum atomic E-state index is 13.6. The summed E-state index contributed by atoms with van der Waals surface area (Å²) in [6.45, 7) is 4.63. The van der Waals surface area contributed by atoms with Gasteiger partial charge in [0.05, 0.1) is 0 Å². The predicted molar refractivity (Wildman–Crippen MR) is 137 cm³/mol. The van der Waals surface area contributed by atoms with Crippen LogP contribution in [0.1, 0.15) is 73.6 Å². The van der Waals surface area contributed by atoms with Crippen molar-refractivity contribution in [3.63, 3.8) is 0 Å². The molecule has 1 aliphatic carbocycles. The van der Waals surface area contributed by atoms with Gasteiger partial charge in [-0.3, -0.25) is 4.79 Å². The van der Waals surface area contributed by atoms with E-state index in [0.717, 1.165) is 45.1 Å². The van der Waals surface area contributed by atoms with Crippen molar-refractivity contribution in [3.8, 4) is 11.5 Å². The molecule has 4 rings (SSSR count). The molecule has 2 unspecified atom stereocenters. The Morgan fingerprint density at radius 3 is 2.71 bits per heavy atom. The van der Waals surface area contributed by atoms with E-state index in [4.69, 9.17) is 4.42 Å². The van der Waals surface area contributed by atoms with Gasteiger partial charge >= 0.3 is 5.63 Å². The van der Waals surface area contributed by atoms with Crippen molar-refractivity contribution in [2.45, 2.75) is 71.3 Å². The van der Waals surface area contributed by atoms with Gasteiger partial charge in [0.2, 0.25) is 5.75 Å². The predicted octanol–water partition coefficient (Wildman–Crippen LogP) is 5.49. The number of rotatable bonds is 6. The molecular formula is C29H35NO5. The van der Waals surface area contributed by atoms with Crippen LogP contribution < -0.4 is 10.9 Å². The third-order valence-electron chi connectivity index (χ3n) is 7.80. The van der Waals surface area contributed by atoms with E-state index < -0.39 is 16.8 Å². The highest BCUT2D eigenvalue weighted by Gasteiger charge is 2.35. The van der Waals surface area contributed by atoms with Crippen molar-refractivity contribution < 1.29 is 19.4 Å². The summed E-state index contributed by atoms with van der Waals surface area (Å²) in [5.74, 6) is -0.337. The molecule has 6 heteroatoms. The fourth-order valence-corrected chi connectivity index (χ4v) is 5.45. The maximum Gasteiger partial charge on any atom is 0.340 e. The third kappa shape index (κ3) is 5.13. The number of benzene rings is 2. The standard InChI is InChI=1S/C29H35NO5/c1-18-22-10-11-24(31)26(33)27(22)35-28(34)23(18)16-25(32)29(2)13-5-4-8-20(12-14-29)21-9-6-7-19(15-21)17-30-3/h6-7,9-11,15,20,30-31,33H,4-5,8,12-14,16-17H2,1-3H3. The summed E-state index contributed by atoms with van der Waals surface area (Å²) in [4.78, 5) is 26.4. The van der Waals surface area contributed by atoms with Crippen LogP contribution in [-0.2, 0) is 17.8 Å². The summed E-state index contributed by atoms with van der Waals surface area (Å²) in [5.41, 5.74) is 2.34. The largest absolute Gasteiger partial charge is 0.504 e. The number of aromatic hydroxyl groups is 2. The zero-order chi connectivity index (χ0) is 25.2. The molecule has 0 spiro atoms. The number of hydrogen-bond donors (Lipinski definition) is 3. The van der Waals surface area contributed by atoms with Gasteiger partial charge in [-0.15, -0.1) is 0 Å². The molecule has 2 aromatic carbocycles. The van der Waals surface area contributed by atoms with E-state index in [2.05, 4.69) is 29.6 Å². The number of hydrogen-bond acceptors (Lipinski definition) is 6. The van der Waals surface area contributed by atoms with Crippen LogP contribution >= 0.6 is 0 Å². The molecule has 0 amide bonds. The van der Waals surface area contributed by atoms with Crippen LogP contribution in [0.25, 0.3) is 11.0 Å². The lowest BCUT2D eigenvalue weighted by molar-refractivity contribution is -0.128. The molecule has 1 saturated carbocycles. The second-order valence-electron chi connectivity index (χ2n) is 10.2. The molecule has 35 heavy (non-hydrogen) atoms. The van der Waals surface area contributed by atoms with E-state index >= 15 is 0 Å². The van der Waals surface area contributed by atoms with Crippen LogP contribution in [0.4, 0.5) is 0 Å². The average Bonchev–Trinajstić information content (AvgIpc) is 2.82. The monoisotopic (exact) mass is 477 g/mol. The number of fused-ring (bicyclic) bond motifs is 1. The van der Waals surface area contributed by atoms with E-state index in [1.807, 2.05) is 14.0 Å². The number of aryl methyl sites for hydroxylation is 1. The Balaban J connectivity index is 1.56. The van der Waals surface area contributed by atoms with Gasteiger partial charge in [-0.2, -0.15) is 0 Å². The van der Waals surface area contributed by atoms with Crippen LogP contribution in [0.15, 0.2) is 45.6 Å². The molecule has 1 fully saturated rings. The van der Waals surface area contributed by atoms with Crippen molar-refractivity contribution >= 4 is 16.8 Å². The fourth-order valence-electron chi connectivity index (χ4n) is 5.45. The molecule has 2 atom stereocenters. The van der Waals surface area contributed by atoms with E-state index in [-0.39, 0.29) is 23.5 Å². The lowest BCUT2D eigenvalue weighted by atomic mass is 9.70. The molecule has 1 heterocycles. The fraction of sp³-hybridized carbons (Fsp3) is 0.448. The van der Waals surface area contributed by atoms with Gasteiger partial charge in [-0.05, 0) is 74.4 Å². The molecule has 0 radical (unpaired) electrons. The second kappa shape index (κ2) is 10.2. The first kappa shape index (κ1) is 25.0. The quantitative estimate of drug-likeness (QED) is 0.321. The molecule has 0 saturated heterocycles. The van der Waals surface area contributed by atoms with Gasteiger partial charge in [0.25, 0.3) is 0 Å². The summed E-state index contributed by atoms with van der Waals surface area (Å²) >= 11 is 0. The van der Waals surface area contributed by atoms with Gasteiger partial charge in [0.15, 0.2) is 11.3 Å². The summed E-state index contributed by atoms with van der Waals surface area (Å²) in [6.07, 6.45) is 5.70. The van der Waals surface area contributed by atoms with Crippen LogP contribution in [0.2, 0.25) is 0 Å². The SMILES string of the molecule is CNCc1cccc(C2CCCCC(C)(C(=O)Cc3c(C)c4ccc(O)c(O)c4oc3=O)CC2)c1. The summed E-state index contributed by atoms with van der Waals surface area (Å²) in [5, 5.41) is 23.6. The normalized spacial score (nSPS) is 20.9. The maximum absolute atomic E-state index is 13.6. The molecule has 6 nitrogen and oxygen atoms in total. The summed E-state index contributed by atoms with van der Waals surface area (Å²) < 4.78 is 5.33. The first-order valence-electron chi connectivity index (χ1n) is 12.5. The molecular weight excluding hydrogens is 442 g/mol. The third-order valence-corrected chi connectivity index (χ3v) is 7.80. The Morgan fingerprint density at radius 1 is 1.14 bits per heavy atom. The smallest absolute Gasteiger partial charge is 0.340 e. The number of phenolic OH excluding ortho intramolecular Hbond substituents is 2. The Bertz CT molecular complexity index is 1290. The number of Topliss-reactive ketones (excluding diaryl/α,β-unsaturated/α-hetero) is 1. The van der Waals surface area contributed by atoms with Crippen LogP contribution in [-0.4, -0.2) is 23.0 Å². The number of ketones is 1. The highest BCUT2D eigenvalue weighted by Crippen LogP contribution is 2.41. The van der Waals surface area contributed by atoms with Crippen LogP contribution in [0.3, 0.4) is 0 Å². The van der Waals surface area contributed by atoms with Crippen molar-refractivity contribution in [3.05, 3.63) is 69.1 Å². The van der Waals surface area contributed by atoms with Gasteiger partial charge in [0, 0.05) is 29.3 Å². The van der Waals surface area contributed by atoms with Crippen LogP contribution in [0, 0.1) is 12.3 Å². The van der Waals surface area contributed by atoms with Gasteiger partial charge in [0.1, 0.15) is 5.78 Å². The average molecular weight is 478 g/mol. The van der Waals surface area contributed by atoms with E-state index in [0.29, 0.717) is 22.4 Å². The number of carbonyl (C=O) groups excluding carboxylic acids is 1. The van der Waals surface area contributed by atoms with Crippen LogP contribution in [0.5, 0.6) is 11.5 Å². The number of phenols is 2. The Kier molecular flexibility index (Phi) is 7.31. The molecule has 3 aromatic rings. The number of nitrogens with one attached hydrogen (secondary N) is 1. The summed E-state index contributed by atoms with van der Waals surface area (Å²) in [6, 6.07) is 11.7. The molecule has 1 aliphatic rings. The minimum atomic E-state index is -0.641. The van der Waals surface area contributed by atoms with Gasteiger partial charge in [-0.1, -0.05) is 44.0 Å². The van der Waals surface area contributed by atoms with Gasteiger partial charge < -0.3 is 19.9 Å². The second-order valence-corrected chi connectivity index (χ2v) is 10.2. The lowest BCUT2D eigenvalue weighted by Gasteiger charge is -2.33. The van der Waals surface area contributed by atoms with Crippen molar-refractivity contribution in [1.29, 1.82) is 0 Å². The first-order valence-corrected chi connectivity index (χ1v) is 12.5. The Morgan fingerprint density at radius 2 is 1.94 bits per heavy atom. The molecule has 186 valence electrons. The summed E-state index contributed by atoms with van der Waals surface area (Å²) in [7, 11) is 1.95. The van der Waals surface area contributed by atoms with Gasteiger partial charge in [-0.25, -0.2) is 4.79 Å². The minimum Gasteiger partial charge on any atom is -0.504 e. The van der Waals surface area contributed by atoms with E-state index in [9.17, 15) is 19.8 Å². The van der Waals surface area contributed by atoms with E-state index in [1.165, 1.54) is 17.2 Å². The van der Waals surface area contributed by atoms with Crippen molar-refractivity contribution in [2.24, 2.45) is 5.41 Å². The highest BCUT2D eigenvalue weighted by molar-refractivity contribution is 5.91. The lowest BCUT2D eigenvalue weighted by Crippen LogP contribution is -2.32. The van der Waals surface area contributed by atoms with E-state index in [1.54, 1.807) is 13.0 Å². The molecule has 0 bridgehead atoms.